The lowest BCUT2D eigenvalue weighted by molar-refractivity contribution is -0.387. The number of carbonyl (C=O) groups is 1. The van der Waals surface area contributed by atoms with Crippen molar-refractivity contribution in [3.8, 4) is 5.88 Å². The van der Waals surface area contributed by atoms with Gasteiger partial charge in [-0.3, -0.25) is 19.7 Å². The molecular weight excluding hydrogens is 268 g/mol. The number of aromatic amines is 1. The smallest absolute Gasteiger partial charge is 0.395 e. The van der Waals surface area contributed by atoms with Gasteiger partial charge in [-0.25, -0.2) is 0 Å². The van der Waals surface area contributed by atoms with Crippen molar-refractivity contribution in [3.05, 3.63) is 26.8 Å². The number of hydrogen-bond donors (Lipinski definition) is 2. The summed E-state index contributed by atoms with van der Waals surface area (Å²) < 4.78 is 4.91. The minimum absolute atomic E-state index is 0.429. The van der Waals surface area contributed by atoms with E-state index in [0.717, 1.165) is 12.7 Å². The summed E-state index contributed by atoms with van der Waals surface area (Å²) in [6, 6.07) is 0. The molecule has 1 rings (SSSR count). The van der Waals surface area contributed by atoms with Gasteiger partial charge in [-0.1, -0.05) is 13.8 Å². The minimum atomic E-state index is -0.930. The van der Waals surface area contributed by atoms with Gasteiger partial charge in [-0.05, 0) is 12.3 Å². The lowest BCUT2D eigenvalue weighted by Crippen LogP contribution is -2.30. The molecule has 0 spiro atoms. The quantitative estimate of drug-likeness (QED) is 0.544. The summed E-state index contributed by atoms with van der Waals surface area (Å²) in [5, 5.41) is 13.3. The van der Waals surface area contributed by atoms with Crippen LogP contribution in [0.3, 0.4) is 0 Å². The highest BCUT2D eigenvalue weighted by molar-refractivity contribution is 5.77. The molecule has 0 atom stereocenters. The SMILES string of the molecule is CC(C)CCNC(=O)COc1nc[nH]c(=O)c1[N+](=O)[O-]. The predicted molar refractivity (Wildman–Crippen MR) is 69.5 cm³/mol. The van der Waals surface area contributed by atoms with E-state index in [1.807, 2.05) is 13.8 Å². The van der Waals surface area contributed by atoms with Gasteiger partial charge < -0.3 is 15.0 Å². The number of amides is 1. The normalized spacial score (nSPS) is 10.3. The van der Waals surface area contributed by atoms with Crippen LogP contribution in [-0.2, 0) is 4.79 Å². The van der Waals surface area contributed by atoms with Crippen molar-refractivity contribution >= 4 is 11.6 Å². The van der Waals surface area contributed by atoms with Crippen LogP contribution in [0.25, 0.3) is 0 Å². The molecule has 1 aromatic heterocycles. The summed E-state index contributed by atoms with van der Waals surface area (Å²) in [7, 11) is 0. The third-order valence-corrected chi connectivity index (χ3v) is 2.36. The number of nitro groups is 1. The van der Waals surface area contributed by atoms with E-state index in [-0.39, 0.29) is 0 Å². The largest absolute Gasteiger partial charge is 0.463 e. The number of aromatic nitrogens is 2. The zero-order valence-corrected chi connectivity index (χ0v) is 11.2. The average Bonchev–Trinajstić information content (AvgIpc) is 2.35. The molecule has 9 heteroatoms. The number of H-pyrrole nitrogens is 1. The van der Waals surface area contributed by atoms with Gasteiger partial charge in [0, 0.05) is 6.54 Å². The monoisotopic (exact) mass is 284 g/mol. The van der Waals surface area contributed by atoms with Crippen LogP contribution in [-0.4, -0.2) is 34.0 Å². The summed E-state index contributed by atoms with van der Waals surface area (Å²) >= 11 is 0. The molecule has 1 heterocycles. The fourth-order valence-corrected chi connectivity index (χ4v) is 1.33. The van der Waals surface area contributed by atoms with Crippen molar-refractivity contribution in [2.45, 2.75) is 20.3 Å². The highest BCUT2D eigenvalue weighted by Gasteiger charge is 2.22. The van der Waals surface area contributed by atoms with Gasteiger partial charge in [0.15, 0.2) is 6.61 Å². The molecule has 110 valence electrons. The summed E-state index contributed by atoms with van der Waals surface area (Å²) in [5.74, 6) is -0.452. The van der Waals surface area contributed by atoms with E-state index in [2.05, 4.69) is 15.3 Å². The lowest BCUT2D eigenvalue weighted by atomic mass is 10.1. The first-order valence-corrected chi connectivity index (χ1v) is 6.03. The number of ether oxygens (including phenoxy) is 1. The van der Waals surface area contributed by atoms with E-state index in [9.17, 15) is 19.7 Å². The summed E-state index contributed by atoms with van der Waals surface area (Å²) in [6.45, 7) is 4.10. The second-order valence-corrected chi connectivity index (χ2v) is 4.46. The Morgan fingerprint density at radius 2 is 2.30 bits per heavy atom. The molecule has 20 heavy (non-hydrogen) atoms. The maximum Gasteiger partial charge on any atom is 0.395 e. The third-order valence-electron chi connectivity index (χ3n) is 2.36. The van der Waals surface area contributed by atoms with E-state index >= 15 is 0 Å². The van der Waals surface area contributed by atoms with Gasteiger partial charge in [-0.2, -0.15) is 4.98 Å². The van der Waals surface area contributed by atoms with Crippen LogP contribution in [0, 0.1) is 16.0 Å². The van der Waals surface area contributed by atoms with Gasteiger partial charge in [0.25, 0.3) is 5.91 Å². The molecule has 0 unspecified atom stereocenters. The highest BCUT2D eigenvalue weighted by Crippen LogP contribution is 2.17. The Balaban J connectivity index is 2.58. The Kier molecular flexibility index (Phi) is 5.63. The Bertz CT molecular complexity index is 540. The highest BCUT2D eigenvalue weighted by atomic mass is 16.6. The van der Waals surface area contributed by atoms with E-state index in [0.29, 0.717) is 12.5 Å². The van der Waals surface area contributed by atoms with Crippen molar-refractivity contribution in [2.24, 2.45) is 5.92 Å². The minimum Gasteiger partial charge on any atom is -0.463 e. The van der Waals surface area contributed by atoms with Crippen molar-refractivity contribution in [1.82, 2.24) is 15.3 Å². The zero-order chi connectivity index (χ0) is 15.1. The fraction of sp³-hybridized carbons (Fsp3) is 0.545. The third kappa shape index (κ3) is 4.67. The molecule has 0 aliphatic carbocycles. The average molecular weight is 284 g/mol. The summed E-state index contributed by atoms with van der Waals surface area (Å²) in [4.78, 5) is 38.1. The van der Waals surface area contributed by atoms with Gasteiger partial charge in [0.05, 0.1) is 11.3 Å². The van der Waals surface area contributed by atoms with Crippen molar-refractivity contribution in [3.63, 3.8) is 0 Å². The molecule has 0 saturated heterocycles. The van der Waals surface area contributed by atoms with E-state index in [4.69, 9.17) is 4.74 Å². The van der Waals surface area contributed by atoms with E-state index in [1.54, 1.807) is 0 Å². The van der Waals surface area contributed by atoms with Crippen molar-refractivity contribution < 1.29 is 14.5 Å². The summed E-state index contributed by atoms with van der Waals surface area (Å²) in [5.41, 5.74) is -1.75. The molecule has 0 aliphatic heterocycles. The molecule has 0 aliphatic rings. The van der Waals surface area contributed by atoms with Gasteiger partial charge in [0.1, 0.15) is 0 Å². The molecule has 0 saturated carbocycles. The number of carbonyl (C=O) groups excluding carboxylic acids is 1. The molecule has 0 aromatic carbocycles. The Morgan fingerprint density at radius 3 is 2.90 bits per heavy atom. The van der Waals surface area contributed by atoms with Gasteiger partial charge >= 0.3 is 17.1 Å². The fourth-order valence-electron chi connectivity index (χ4n) is 1.33. The van der Waals surface area contributed by atoms with Crippen LogP contribution in [0.4, 0.5) is 5.69 Å². The predicted octanol–water partition coefficient (Wildman–Crippen LogP) is 0.219. The first-order valence-electron chi connectivity index (χ1n) is 6.03. The van der Waals surface area contributed by atoms with Crippen LogP contribution in [0.5, 0.6) is 5.88 Å². The van der Waals surface area contributed by atoms with E-state index < -0.39 is 34.6 Å². The number of hydrogen-bond acceptors (Lipinski definition) is 6. The van der Waals surface area contributed by atoms with Crippen LogP contribution in [0.1, 0.15) is 20.3 Å². The molecule has 1 aromatic rings. The standard InChI is InChI=1S/C11H16N4O5/c1-7(2)3-4-12-8(16)5-20-11-9(15(18)19)10(17)13-6-14-11/h6-7H,3-5H2,1-2H3,(H,12,16)(H,13,14,17). The molecule has 1 amide bonds. The molecule has 0 bridgehead atoms. The first kappa shape index (κ1) is 15.6. The van der Waals surface area contributed by atoms with Crippen molar-refractivity contribution in [1.29, 1.82) is 0 Å². The van der Waals surface area contributed by atoms with Crippen LogP contribution in [0.15, 0.2) is 11.1 Å². The van der Waals surface area contributed by atoms with Crippen LogP contribution < -0.4 is 15.6 Å². The molecule has 0 radical (unpaired) electrons. The number of nitrogens with one attached hydrogen (secondary N) is 2. The topological polar surface area (TPSA) is 127 Å². The van der Waals surface area contributed by atoms with Gasteiger partial charge in [-0.15, -0.1) is 0 Å². The van der Waals surface area contributed by atoms with Crippen LogP contribution >= 0.6 is 0 Å². The zero-order valence-electron chi connectivity index (χ0n) is 11.2. The van der Waals surface area contributed by atoms with Gasteiger partial charge in [0.2, 0.25) is 0 Å². The van der Waals surface area contributed by atoms with Crippen LogP contribution in [0.2, 0.25) is 0 Å². The first-order chi connectivity index (χ1) is 9.41. The Hall–Kier alpha value is -2.45. The maximum atomic E-state index is 11.4. The number of nitrogens with zero attached hydrogens (tertiary/aromatic N) is 2. The Labute approximate surface area is 114 Å². The van der Waals surface area contributed by atoms with E-state index in [1.165, 1.54) is 0 Å². The Morgan fingerprint density at radius 1 is 1.60 bits per heavy atom. The lowest BCUT2D eigenvalue weighted by Gasteiger charge is -2.07. The number of rotatable bonds is 7. The molecular formula is C11H16N4O5. The van der Waals surface area contributed by atoms with Crippen molar-refractivity contribution in [2.75, 3.05) is 13.2 Å². The second kappa shape index (κ2) is 7.22. The molecule has 9 nitrogen and oxygen atoms in total. The molecule has 0 fully saturated rings. The maximum absolute atomic E-state index is 11.4. The molecule has 2 N–H and O–H groups in total. The second-order valence-electron chi connectivity index (χ2n) is 4.46. The summed E-state index contributed by atoms with van der Waals surface area (Å²) in [6.07, 6.45) is 1.79.